The van der Waals surface area contributed by atoms with E-state index in [1.54, 1.807) is 0 Å². The Morgan fingerprint density at radius 2 is 1.86 bits per heavy atom. The van der Waals surface area contributed by atoms with Crippen molar-refractivity contribution in [2.24, 2.45) is 5.92 Å². The number of rotatable bonds is 4. The molecule has 190 valence electrons. The van der Waals surface area contributed by atoms with Gasteiger partial charge in [0.05, 0.1) is 28.8 Å². The van der Waals surface area contributed by atoms with Gasteiger partial charge in [-0.1, -0.05) is 29.3 Å². The topological polar surface area (TPSA) is 88.3 Å². The van der Waals surface area contributed by atoms with Gasteiger partial charge < -0.3 is 4.90 Å². The smallest absolute Gasteiger partial charge is 0.356 e. The zero-order valence-corrected chi connectivity index (χ0v) is 20.0. The van der Waals surface area contributed by atoms with Crippen molar-refractivity contribution in [3.63, 3.8) is 0 Å². The van der Waals surface area contributed by atoms with Gasteiger partial charge in [0.25, 0.3) is 5.56 Å². The van der Waals surface area contributed by atoms with Gasteiger partial charge in [0, 0.05) is 30.4 Å². The molecule has 1 fully saturated rings. The van der Waals surface area contributed by atoms with Crippen molar-refractivity contribution in [3.8, 4) is 23.0 Å². The van der Waals surface area contributed by atoms with Crippen LogP contribution in [0.5, 0.6) is 0 Å². The third kappa shape index (κ3) is 4.14. The molecule has 0 spiro atoms. The Morgan fingerprint density at radius 1 is 1.14 bits per heavy atom. The van der Waals surface area contributed by atoms with Crippen LogP contribution >= 0.6 is 23.2 Å². The van der Waals surface area contributed by atoms with Gasteiger partial charge in [0.1, 0.15) is 29.6 Å². The molecule has 0 aliphatic carbocycles. The van der Waals surface area contributed by atoms with Crippen LogP contribution in [0, 0.1) is 23.1 Å². The molecule has 0 N–H and O–H groups in total. The van der Waals surface area contributed by atoms with E-state index in [2.05, 4.69) is 4.98 Å². The van der Waals surface area contributed by atoms with Gasteiger partial charge in [-0.15, -0.1) is 0 Å². The first-order chi connectivity index (χ1) is 17.5. The van der Waals surface area contributed by atoms with Crippen LogP contribution in [0.15, 0.2) is 52.3 Å². The first kappa shape index (κ1) is 24.9. The summed E-state index contributed by atoms with van der Waals surface area (Å²) < 4.78 is 56.8. The summed E-state index contributed by atoms with van der Waals surface area (Å²) in [4.78, 5) is 32.9. The fourth-order valence-electron chi connectivity index (χ4n) is 4.26. The molecule has 0 radical (unpaired) electrons. The van der Waals surface area contributed by atoms with Crippen molar-refractivity contribution in [2.75, 3.05) is 18.0 Å². The number of hydrogen-bond acceptors (Lipinski definition) is 5. The van der Waals surface area contributed by atoms with E-state index in [1.807, 2.05) is 6.07 Å². The molecule has 1 aliphatic heterocycles. The molecule has 4 aromatic rings. The van der Waals surface area contributed by atoms with Crippen LogP contribution in [0.4, 0.5) is 23.4 Å². The highest BCUT2D eigenvalue weighted by Crippen LogP contribution is 2.39. The average Bonchev–Trinajstić information content (AvgIpc) is 3.19. The summed E-state index contributed by atoms with van der Waals surface area (Å²) in [6.07, 6.45) is -1.76. The predicted octanol–water partition coefficient (Wildman–Crippen LogP) is 4.28. The summed E-state index contributed by atoms with van der Waals surface area (Å²) in [5.41, 5.74) is -1.73. The minimum absolute atomic E-state index is 0.00569. The normalized spacial score (nSPS) is 14.1. The van der Waals surface area contributed by atoms with Crippen LogP contribution in [0.3, 0.4) is 0 Å². The van der Waals surface area contributed by atoms with E-state index in [-0.39, 0.29) is 27.8 Å². The lowest BCUT2D eigenvalue weighted by Crippen LogP contribution is -2.56. The lowest BCUT2D eigenvalue weighted by atomic mass is 9.97. The number of halogens is 6. The molecular formula is C23H14Cl2F4N6O2. The molecule has 1 saturated heterocycles. The van der Waals surface area contributed by atoms with Gasteiger partial charge in [-0.05, 0) is 23.8 Å². The second kappa shape index (κ2) is 8.93. The minimum Gasteiger partial charge on any atom is -0.356 e. The van der Waals surface area contributed by atoms with Crippen LogP contribution in [0.1, 0.15) is 0 Å². The first-order valence-corrected chi connectivity index (χ1v) is 11.4. The van der Waals surface area contributed by atoms with Gasteiger partial charge in [-0.3, -0.25) is 13.8 Å². The van der Waals surface area contributed by atoms with Crippen LogP contribution in [-0.2, 0) is 6.54 Å². The molecule has 5 rings (SSSR count). The Bertz CT molecular complexity index is 1710. The van der Waals surface area contributed by atoms with Crippen molar-refractivity contribution < 1.29 is 17.6 Å². The van der Waals surface area contributed by atoms with Crippen LogP contribution in [0.25, 0.3) is 22.6 Å². The summed E-state index contributed by atoms with van der Waals surface area (Å²) in [6, 6.07) is 8.18. The maximum Gasteiger partial charge on any atom is 0.395 e. The zero-order valence-electron chi connectivity index (χ0n) is 18.5. The lowest BCUT2D eigenvalue weighted by Gasteiger charge is -2.43. The van der Waals surface area contributed by atoms with Crippen molar-refractivity contribution in [1.82, 2.24) is 18.5 Å². The molecule has 0 atom stereocenters. The number of fused-ring (bicyclic) bond motifs is 1. The SMILES string of the molecule is N#CCn1c(N2CC(C(F)(F)F)C2)c(-c2ccc(F)c(Cl)c2)c(=O)n(-c2cnc3cc(Cl)ccn23)c1=O. The molecule has 1 aromatic carbocycles. The maximum absolute atomic E-state index is 13.9. The predicted molar refractivity (Wildman–Crippen MR) is 128 cm³/mol. The molecule has 37 heavy (non-hydrogen) atoms. The van der Waals surface area contributed by atoms with Crippen LogP contribution in [-0.4, -0.2) is 37.8 Å². The highest BCUT2D eigenvalue weighted by atomic mass is 35.5. The number of aromatic nitrogens is 4. The van der Waals surface area contributed by atoms with Gasteiger partial charge >= 0.3 is 11.9 Å². The highest BCUT2D eigenvalue weighted by Gasteiger charge is 2.48. The molecule has 0 saturated carbocycles. The quantitative estimate of drug-likeness (QED) is 0.352. The van der Waals surface area contributed by atoms with Gasteiger partial charge in [-0.25, -0.2) is 18.7 Å². The zero-order chi connectivity index (χ0) is 26.6. The third-order valence-electron chi connectivity index (χ3n) is 6.08. The number of benzene rings is 1. The van der Waals surface area contributed by atoms with Crippen LogP contribution in [0.2, 0.25) is 10.0 Å². The first-order valence-electron chi connectivity index (χ1n) is 10.7. The van der Waals surface area contributed by atoms with Gasteiger partial charge in [0.2, 0.25) is 0 Å². The summed E-state index contributed by atoms with van der Waals surface area (Å²) in [7, 11) is 0. The Balaban J connectivity index is 1.84. The molecule has 0 bridgehead atoms. The Hall–Kier alpha value is -3.82. The summed E-state index contributed by atoms with van der Waals surface area (Å²) >= 11 is 12.0. The second-order valence-electron chi connectivity index (χ2n) is 8.33. The lowest BCUT2D eigenvalue weighted by molar-refractivity contribution is -0.180. The van der Waals surface area contributed by atoms with E-state index in [0.717, 1.165) is 21.3 Å². The van der Waals surface area contributed by atoms with E-state index >= 15 is 0 Å². The minimum atomic E-state index is -4.48. The van der Waals surface area contributed by atoms with Crippen LogP contribution < -0.4 is 16.1 Å². The van der Waals surface area contributed by atoms with Crippen molar-refractivity contribution in [1.29, 1.82) is 5.26 Å². The summed E-state index contributed by atoms with van der Waals surface area (Å²) in [5, 5.41) is 9.47. The van der Waals surface area contributed by atoms with E-state index in [0.29, 0.717) is 10.7 Å². The van der Waals surface area contributed by atoms with E-state index < -0.39 is 48.8 Å². The largest absolute Gasteiger partial charge is 0.395 e. The Kier molecular flexibility index (Phi) is 6.00. The molecule has 1 aliphatic rings. The molecule has 0 amide bonds. The van der Waals surface area contributed by atoms with E-state index in [9.17, 15) is 32.4 Å². The summed E-state index contributed by atoms with van der Waals surface area (Å²) in [6.45, 7) is -1.64. The molecule has 4 heterocycles. The fourth-order valence-corrected chi connectivity index (χ4v) is 4.59. The summed E-state index contributed by atoms with van der Waals surface area (Å²) in [5.74, 6) is -2.65. The number of imidazole rings is 1. The van der Waals surface area contributed by atoms with E-state index in [1.165, 1.54) is 39.9 Å². The number of pyridine rings is 1. The number of anilines is 1. The van der Waals surface area contributed by atoms with Crippen molar-refractivity contribution in [2.45, 2.75) is 12.7 Å². The third-order valence-corrected chi connectivity index (χ3v) is 6.61. The van der Waals surface area contributed by atoms with Gasteiger partial charge in [0.15, 0.2) is 0 Å². The highest BCUT2D eigenvalue weighted by molar-refractivity contribution is 6.31. The standard InChI is InChI=1S/C23H14Cl2F4N6O2/c24-14-3-5-33-17(8-14)31-9-18(33)35-21(36)19(12-1-2-16(26)15(25)7-12)20(34(6-4-30)22(35)37)32-10-13(11-32)23(27,28)29/h1-3,5,7-9,13H,6,10-11H2. The molecule has 14 heteroatoms. The molecule has 8 nitrogen and oxygen atoms in total. The number of hydrogen-bond donors (Lipinski definition) is 0. The Morgan fingerprint density at radius 3 is 2.51 bits per heavy atom. The van der Waals surface area contributed by atoms with Crippen molar-refractivity contribution >= 4 is 34.7 Å². The van der Waals surface area contributed by atoms with E-state index in [4.69, 9.17) is 23.2 Å². The monoisotopic (exact) mass is 552 g/mol. The number of alkyl halides is 3. The fraction of sp³-hybridized carbons (Fsp3) is 0.217. The van der Waals surface area contributed by atoms with Gasteiger partial charge in [-0.2, -0.15) is 18.4 Å². The number of nitriles is 1. The maximum atomic E-state index is 13.9. The molecule has 3 aromatic heterocycles. The van der Waals surface area contributed by atoms with Crippen molar-refractivity contribution in [3.05, 3.63) is 79.4 Å². The molecular weight excluding hydrogens is 539 g/mol. The average molecular weight is 553 g/mol. The number of nitrogens with zero attached hydrogens (tertiary/aromatic N) is 6. The Labute approximate surface area is 215 Å². The second-order valence-corrected chi connectivity index (χ2v) is 9.17. The molecule has 0 unspecified atom stereocenters.